The van der Waals surface area contributed by atoms with Crippen LogP contribution in [0.3, 0.4) is 0 Å². The molecular formula is C35H21N3OS. The molecule has 0 N–H and O–H groups in total. The van der Waals surface area contributed by atoms with Gasteiger partial charge in [0, 0.05) is 43.5 Å². The Labute approximate surface area is 236 Å². The Kier molecular flexibility index (Phi) is 6.65. The lowest BCUT2D eigenvalue weighted by Crippen LogP contribution is -2.09. The Morgan fingerprint density at radius 1 is 0.750 bits per heavy atom. The Balaban J connectivity index is 1.34. The van der Waals surface area contributed by atoms with E-state index in [4.69, 9.17) is 6.57 Å². The van der Waals surface area contributed by atoms with Crippen molar-refractivity contribution in [1.82, 2.24) is 0 Å². The molecule has 1 aromatic heterocycles. The summed E-state index contributed by atoms with van der Waals surface area (Å²) in [7, 11) is 0. The van der Waals surface area contributed by atoms with Crippen LogP contribution in [0.5, 0.6) is 0 Å². The average molecular weight is 532 g/mol. The van der Waals surface area contributed by atoms with E-state index in [1.807, 2.05) is 60.7 Å². The fourth-order valence-corrected chi connectivity index (χ4v) is 5.89. The highest BCUT2D eigenvalue weighted by molar-refractivity contribution is 7.16. The van der Waals surface area contributed by atoms with E-state index in [0.717, 1.165) is 32.4 Å². The Morgan fingerprint density at radius 3 is 1.93 bits per heavy atom. The maximum absolute atomic E-state index is 13.2. The van der Waals surface area contributed by atoms with Crippen molar-refractivity contribution < 1.29 is 4.79 Å². The summed E-state index contributed by atoms with van der Waals surface area (Å²) in [6.45, 7) is 7.48. The third-order valence-electron chi connectivity index (χ3n) is 6.76. The first-order chi connectivity index (χ1) is 19.7. The first-order valence-electron chi connectivity index (χ1n) is 12.7. The van der Waals surface area contributed by atoms with Crippen LogP contribution in [-0.4, -0.2) is 5.78 Å². The quantitative estimate of drug-likeness (QED) is 0.129. The van der Waals surface area contributed by atoms with E-state index >= 15 is 0 Å². The van der Waals surface area contributed by atoms with Crippen molar-refractivity contribution in [3.63, 3.8) is 0 Å². The third kappa shape index (κ3) is 4.52. The maximum Gasteiger partial charge on any atom is 0.270 e. The molecule has 40 heavy (non-hydrogen) atoms. The van der Waals surface area contributed by atoms with Gasteiger partial charge in [-0.25, -0.2) is 10.1 Å². The zero-order valence-corrected chi connectivity index (χ0v) is 22.1. The minimum absolute atomic E-state index is 0.0710. The van der Waals surface area contributed by atoms with Crippen molar-refractivity contribution in [1.29, 1.82) is 5.26 Å². The molecule has 188 valence electrons. The van der Waals surface area contributed by atoms with Gasteiger partial charge in [-0.2, -0.15) is 0 Å². The lowest BCUT2D eigenvalue weighted by molar-refractivity contribution is 0.104. The second kappa shape index (κ2) is 10.7. The van der Waals surface area contributed by atoms with Gasteiger partial charge >= 0.3 is 0 Å². The summed E-state index contributed by atoms with van der Waals surface area (Å²) >= 11 is 1.56. The molecule has 0 aliphatic heterocycles. The Hall–Kier alpha value is -5.49. The van der Waals surface area contributed by atoms with Crippen LogP contribution in [0.2, 0.25) is 0 Å². The number of thiophene rings is 1. The monoisotopic (exact) mass is 531 g/mol. The molecule has 0 amide bonds. The number of carbonyl (C=O) groups is 1. The molecule has 0 saturated carbocycles. The van der Waals surface area contributed by atoms with Gasteiger partial charge in [-0.15, -0.1) is 11.3 Å². The number of carbonyl (C=O) groups excluding carboxylic acids is 1. The largest absolute Gasteiger partial charge is 0.311 e. The molecule has 0 atom stereocenters. The Morgan fingerprint density at radius 2 is 1.32 bits per heavy atom. The number of Topliss-reactive ketones (excluding diaryl/α,β-unsaturated/α-hetero) is 1. The van der Waals surface area contributed by atoms with E-state index in [-0.39, 0.29) is 11.5 Å². The first kappa shape index (κ1) is 24.8. The summed E-state index contributed by atoms with van der Waals surface area (Å²) in [5, 5.41) is 9.58. The maximum atomic E-state index is 13.2. The summed E-state index contributed by atoms with van der Waals surface area (Å²) in [4.78, 5) is 20.8. The highest BCUT2D eigenvalue weighted by Crippen LogP contribution is 2.42. The SMILES string of the molecule is [C-]#[N+]/C(C#N)=C1\C(=C/c2ccc(-c3ccc(N(c4ccccc4)c4ccccc4)cc3)s2)C(=O)c2ccccc21. The van der Waals surface area contributed by atoms with Crippen molar-refractivity contribution >= 4 is 45.8 Å². The Bertz CT molecular complexity index is 1810. The number of para-hydroxylation sites is 2. The molecule has 0 saturated heterocycles. The van der Waals surface area contributed by atoms with Gasteiger partial charge in [0.15, 0.2) is 5.78 Å². The van der Waals surface area contributed by atoms with E-state index < -0.39 is 0 Å². The van der Waals surface area contributed by atoms with Crippen LogP contribution in [0.25, 0.3) is 26.9 Å². The number of hydrogen-bond donors (Lipinski definition) is 0. The molecular weight excluding hydrogens is 510 g/mol. The van der Waals surface area contributed by atoms with Crippen LogP contribution in [0.1, 0.15) is 20.8 Å². The molecule has 0 spiro atoms. The van der Waals surface area contributed by atoms with Crippen molar-refractivity contribution in [2.75, 3.05) is 4.90 Å². The fourth-order valence-electron chi connectivity index (χ4n) is 4.94. The highest BCUT2D eigenvalue weighted by atomic mass is 32.1. The first-order valence-corrected chi connectivity index (χ1v) is 13.5. The summed E-state index contributed by atoms with van der Waals surface area (Å²) in [5.41, 5.74) is 6.16. The van der Waals surface area contributed by atoms with Gasteiger partial charge < -0.3 is 4.90 Å². The van der Waals surface area contributed by atoms with Crippen LogP contribution in [0, 0.1) is 17.9 Å². The third-order valence-corrected chi connectivity index (χ3v) is 7.84. The smallest absolute Gasteiger partial charge is 0.270 e. The van der Waals surface area contributed by atoms with E-state index in [1.165, 1.54) is 0 Å². The number of ketones is 1. The number of hydrogen-bond acceptors (Lipinski definition) is 4. The number of benzene rings is 4. The van der Waals surface area contributed by atoms with Crippen molar-refractivity contribution in [2.45, 2.75) is 0 Å². The molecule has 1 heterocycles. The van der Waals surface area contributed by atoms with E-state index in [2.05, 4.69) is 58.3 Å². The van der Waals surface area contributed by atoms with Gasteiger partial charge in [0.25, 0.3) is 5.70 Å². The predicted octanol–water partition coefficient (Wildman–Crippen LogP) is 9.32. The molecule has 0 radical (unpaired) electrons. The summed E-state index contributed by atoms with van der Waals surface area (Å²) in [5.74, 6) is -0.164. The number of rotatable bonds is 5. The van der Waals surface area contributed by atoms with Gasteiger partial charge in [0.05, 0.1) is 12.6 Å². The number of anilines is 3. The minimum Gasteiger partial charge on any atom is -0.311 e. The second-order valence-corrected chi connectivity index (χ2v) is 10.3. The zero-order valence-electron chi connectivity index (χ0n) is 21.3. The molecule has 0 bridgehead atoms. The second-order valence-electron chi connectivity index (χ2n) is 9.14. The number of nitrogens with zero attached hydrogens (tertiary/aromatic N) is 3. The predicted molar refractivity (Wildman–Crippen MR) is 162 cm³/mol. The van der Waals surface area contributed by atoms with Crippen LogP contribution < -0.4 is 4.90 Å². The minimum atomic E-state index is -0.164. The molecule has 4 aromatic carbocycles. The number of nitriles is 1. The highest BCUT2D eigenvalue weighted by Gasteiger charge is 2.32. The molecule has 5 aromatic rings. The summed E-state index contributed by atoms with van der Waals surface area (Å²) < 4.78 is 0. The van der Waals surface area contributed by atoms with Crippen molar-refractivity contribution in [3.8, 4) is 16.5 Å². The fraction of sp³-hybridized carbons (Fsp3) is 0. The normalized spacial score (nSPS) is 14.3. The molecule has 0 fully saturated rings. The van der Waals surface area contributed by atoms with Crippen LogP contribution in [0.15, 0.2) is 133 Å². The van der Waals surface area contributed by atoms with Crippen LogP contribution >= 0.6 is 11.3 Å². The number of allylic oxidation sites excluding steroid dienone is 3. The average Bonchev–Trinajstić information content (AvgIpc) is 3.59. The molecule has 6 rings (SSSR count). The van der Waals surface area contributed by atoms with E-state index in [0.29, 0.717) is 22.3 Å². The van der Waals surface area contributed by atoms with Crippen molar-refractivity contribution in [2.24, 2.45) is 0 Å². The standard InChI is InChI=1S/C35H21N3OS/c1-37-32(23-36)34-29-14-8-9-15-30(29)35(39)31(34)22-28-20-21-33(40-28)24-16-18-27(19-17-24)38(25-10-4-2-5-11-25)26-12-6-3-7-13-26/h2-22H/b31-22+,34-32-. The lowest BCUT2D eigenvalue weighted by atomic mass is 10.0. The van der Waals surface area contributed by atoms with Crippen molar-refractivity contribution in [3.05, 3.63) is 160 Å². The zero-order chi connectivity index (χ0) is 27.5. The summed E-state index contributed by atoms with van der Waals surface area (Å²) in [6.07, 6.45) is 1.80. The van der Waals surface area contributed by atoms with Gasteiger partial charge in [-0.3, -0.25) is 4.79 Å². The summed E-state index contributed by atoms with van der Waals surface area (Å²) in [6, 6.07) is 42.1. The molecule has 4 nitrogen and oxygen atoms in total. The van der Waals surface area contributed by atoms with Gasteiger partial charge in [-0.1, -0.05) is 72.8 Å². The van der Waals surface area contributed by atoms with Gasteiger partial charge in [0.2, 0.25) is 0 Å². The lowest BCUT2D eigenvalue weighted by Gasteiger charge is -2.25. The topological polar surface area (TPSA) is 48.5 Å². The van der Waals surface area contributed by atoms with E-state index in [1.54, 1.807) is 35.6 Å². The molecule has 5 heteroatoms. The van der Waals surface area contributed by atoms with E-state index in [9.17, 15) is 10.1 Å². The molecule has 1 aliphatic rings. The number of fused-ring (bicyclic) bond motifs is 1. The van der Waals surface area contributed by atoms with Gasteiger partial charge in [-0.05, 0) is 65.7 Å². The van der Waals surface area contributed by atoms with Crippen LogP contribution in [-0.2, 0) is 0 Å². The molecule has 1 aliphatic carbocycles. The molecule has 0 unspecified atom stereocenters. The van der Waals surface area contributed by atoms with Gasteiger partial charge in [0.1, 0.15) is 0 Å². The van der Waals surface area contributed by atoms with Crippen LogP contribution in [0.4, 0.5) is 17.1 Å².